The molecule has 1 aliphatic rings. The molecule has 20 heavy (non-hydrogen) atoms. The van der Waals surface area contributed by atoms with E-state index in [0.29, 0.717) is 11.5 Å². The van der Waals surface area contributed by atoms with Gasteiger partial charge in [0.05, 0.1) is 10.7 Å². The summed E-state index contributed by atoms with van der Waals surface area (Å²) in [5.74, 6) is 0.935. The maximum atomic E-state index is 4.62. The van der Waals surface area contributed by atoms with Crippen LogP contribution in [-0.2, 0) is 6.42 Å². The van der Waals surface area contributed by atoms with Crippen molar-refractivity contribution in [2.45, 2.75) is 46.6 Å². The van der Waals surface area contributed by atoms with Crippen molar-refractivity contribution in [2.24, 2.45) is 10.4 Å². The Kier molecular flexibility index (Phi) is 6.71. The van der Waals surface area contributed by atoms with E-state index in [1.165, 1.54) is 6.42 Å². The molecule has 0 aliphatic heterocycles. The van der Waals surface area contributed by atoms with Gasteiger partial charge >= 0.3 is 0 Å². The molecule has 4 nitrogen and oxygen atoms in total. The highest BCUT2D eigenvalue weighted by atomic mass is 127. The number of halogens is 1. The maximum Gasteiger partial charge on any atom is 0.191 e. The molecule has 0 aromatic carbocycles. The highest BCUT2D eigenvalue weighted by molar-refractivity contribution is 14.0. The van der Waals surface area contributed by atoms with Gasteiger partial charge in [-0.1, -0.05) is 13.8 Å². The summed E-state index contributed by atoms with van der Waals surface area (Å²) in [4.78, 5) is 9.08. The molecule has 1 aromatic heterocycles. The number of hydrogen-bond donors (Lipinski definition) is 2. The predicted molar refractivity (Wildman–Crippen MR) is 97.3 cm³/mol. The van der Waals surface area contributed by atoms with Crippen LogP contribution in [0.25, 0.3) is 0 Å². The van der Waals surface area contributed by atoms with Gasteiger partial charge in [-0.2, -0.15) is 0 Å². The summed E-state index contributed by atoms with van der Waals surface area (Å²) in [6.07, 6.45) is 2.14. The summed E-state index contributed by atoms with van der Waals surface area (Å²) in [6, 6.07) is 0.562. The Morgan fingerprint density at radius 2 is 2.25 bits per heavy atom. The van der Waals surface area contributed by atoms with Gasteiger partial charge in [-0.25, -0.2) is 4.98 Å². The molecule has 1 aliphatic carbocycles. The van der Waals surface area contributed by atoms with Gasteiger partial charge in [-0.3, -0.25) is 4.99 Å². The average molecular weight is 408 g/mol. The maximum absolute atomic E-state index is 4.62. The Morgan fingerprint density at radius 1 is 1.55 bits per heavy atom. The van der Waals surface area contributed by atoms with Crippen molar-refractivity contribution in [3.8, 4) is 0 Å². The second kappa shape index (κ2) is 7.59. The molecule has 0 radical (unpaired) electrons. The molecule has 0 saturated heterocycles. The van der Waals surface area contributed by atoms with E-state index in [1.54, 1.807) is 11.3 Å². The average Bonchev–Trinajstić information content (AvgIpc) is 2.72. The Morgan fingerprint density at radius 3 is 2.75 bits per heavy atom. The molecule has 0 bridgehead atoms. The van der Waals surface area contributed by atoms with Gasteiger partial charge in [-0.05, 0) is 25.7 Å². The summed E-state index contributed by atoms with van der Waals surface area (Å²) in [7, 11) is 0. The minimum absolute atomic E-state index is 0. The second-order valence-corrected chi connectivity index (χ2v) is 6.82. The molecular weight excluding hydrogens is 383 g/mol. The standard InChI is InChI=1S/C14H24N4S.HI/c1-5-15-13(18-12-8-14(12,3)4)16-7-6-11-9-19-10(2)17-11;/h9,12H,5-8H2,1-4H3,(H2,15,16,18);1H. The first-order chi connectivity index (χ1) is 9.01. The van der Waals surface area contributed by atoms with E-state index >= 15 is 0 Å². The minimum Gasteiger partial charge on any atom is -0.357 e. The van der Waals surface area contributed by atoms with Crippen LogP contribution in [0.3, 0.4) is 0 Å². The number of aromatic nitrogens is 1. The number of nitrogens with zero attached hydrogens (tertiary/aromatic N) is 2. The fourth-order valence-electron chi connectivity index (χ4n) is 2.00. The van der Waals surface area contributed by atoms with Crippen molar-refractivity contribution in [3.63, 3.8) is 0 Å². The molecule has 1 aromatic rings. The fraction of sp³-hybridized carbons (Fsp3) is 0.714. The molecule has 2 rings (SSSR count). The lowest BCUT2D eigenvalue weighted by molar-refractivity contribution is 0.589. The number of guanidine groups is 1. The van der Waals surface area contributed by atoms with Gasteiger partial charge < -0.3 is 10.6 Å². The van der Waals surface area contributed by atoms with Crippen molar-refractivity contribution >= 4 is 41.3 Å². The van der Waals surface area contributed by atoms with Gasteiger partial charge in [0.15, 0.2) is 5.96 Å². The predicted octanol–water partition coefficient (Wildman–Crippen LogP) is 2.97. The lowest BCUT2D eigenvalue weighted by atomic mass is 10.2. The molecule has 114 valence electrons. The highest BCUT2D eigenvalue weighted by Crippen LogP contribution is 2.44. The van der Waals surface area contributed by atoms with Crippen LogP contribution in [0.5, 0.6) is 0 Å². The van der Waals surface area contributed by atoms with Crippen LogP contribution in [0, 0.1) is 12.3 Å². The molecule has 1 saturated carbocycles. The molecule has 1 atom stereocenters. The smallest absolute Gasteiger partial charge is 0.191 e. The van der Waals surface area contributed by atoms with Crippen molar-refractivity contribution in [1.82, 2.24) is 15.6 Å². The van der Waals surface area contributed by atoms with E-state index in [2.05, 4.69) is 46.8 Å². The minimum atomic E-state index is 0. The van der Waals surface area contributed by atoms with E-state index in [-0.39, 0.29) is 24.0 Å². The van der Waals surface area contributed by atoms with E-state index in [4.69, 9.17) is 0 Å². The summed E-state index contributed by atoms with van der Waals surface area (Å²) < 4.78 is 0. The van der Waals surface area contributed by atoms with Crippen LogP contribution in [0.15, 0.2) is 10.4 Å². The second-order valence-electron chi connectivity index (χ2n) is 5.76. The van der Waals surface area contributed by atoms with Crippen molar-refractivity contribution in [3.05, 3.63) is 16.1 Å². The number of hydrogen-bond acceptors (Lipinski definition) is 3. The number of rotatable bonds is 5. The molecular formula is C14H25IN4S. The zero-order valence-corrected chi connectivity index (χ0v) is 15.8. The van der Waals surface area contributed by atoms with Crippen molar-refractivity contribution < 1.29 is 0 Å². The Bertz CT molecular complexity index is 456. The third-order valence-corrected chi connectivity index (χ3v) is 4.30. The lowest BCUT2D eigenvalue weighted by Crippen LogP contribution is -2.40. The van der Waals surface area contributed by atoms with E-state index in [1.807, 2.05) is 6.92 Å². The van der Waals surface area contributed by atoms with E-state index < -0.39 is 0 Å². The molecule has 1 unspecified atom stereocenters. The molecule has 0 amide bonds. The monoisotopic (exact) mass is 408 g/mol. The first kappa shape index (κ1) is 17.7. The van der Waals surface area contributed by atoms with Crippen LogP contribution >= 0.6 is 35.3 Å². The van der Waals surface area contributed by atoms with Crippen molar-refractivity contribution in [1.29, 1.82) is 0 Å². The van der Waals surface area contributed by atoms with Crippen LogP contribution in [0.1, 0.15) is 37.9 Å². The number of aryl methyl sites for hydroxylation is 1. The topological polar surface area (TPSA) is 49.3 Å². The van der Waals surface area contributed by atoms with Gasteiger partial charge in [-0.15, -0.1) is 35.3 Å². The first-order valence-corrected chi connectivity index (χ1v) is 7.85. The molecule has 1 heterocycles. The van der Waals surface area contributed by atoms with E-state index in [0.717, 1.165) is 36.2 Å². The number of aliphatic imine (C=N–C) groups is 1. The van der Waals surface area contributed by atoms with Gasteiger partial charge in [0.1, 0.15) is 0 Å². The van der Waals surface area contributed by atoms with Crippen LogP contribution in [0.4, 0.5) is 0 Å². The van der Waals surface area contributed by atoms with Crippen LogP contribution in [0.2, 0.25) is 0 Å². The van der Waals surface area contributed by atoms with Crippen LogP contribution in [-0.4, -0.2) is 30.1 Å². The number of nitrogens with one attached hydrogen (secondary N) is 2. The van der Waals surface area contributed by atoms with E-state index in [9.17, 15) is 0 Å². The van der Waals surface area contributed by atoms with Gasteiger partial charge in [0, 0.05) is 30.9 Å². The summed E-state index contributed by atoms with van der Waals surface area (Å²) >= 11 is 1.70. The molecule has 1 fully saturated rings. The normalized spacial score (nSPS) is 20.2. The molecule has 2 N–H and O–H groups in total. The Labute approximate surface area is 142 Å². The summed E-state index contributed by atoms with van der Waals surface area (Å²) in [5.41, 5.74) is 1.57. The van der Waals surface area contributed by atoms with Gasteiger partial charge in [0.2, 0.25) is 0 Å². The Hall–Kier alpha value is -0.370. The SMILES string of the molecule is CCNC(=NCCc1csc(C)n1)NC1CC1(C)C.I. The Balaban J connectivity index is 0.00000200. The summed E-state index contributed by atoms with van der Waals surface area (Å²) in [5, 5.41) is 10.0. The van der Waals surface area contributed by atoms with Crippen molar-refractivity contribution in [2.75, 3.05) is 13.1 Å². The highest BCUT2D eigenvalue weighted by Gasteiger charge is 2.46. The lowest BCUT2D eigenvalue weighted by Gasteiger charge is -2.12. The third-order valence-electron chi connectivity index (χ3n) is 3.47. The third kappa shape index (κ3) is 5.20. The molecule has 6 heteroatoms. The fourth-order valence-corrected chi connectivity index (χ4v) is 2.65. The zero-order chi connectivity index (χ0) is 13.9. The first-order valence-electron chi connectivity index (χ1n) is 6.97. The number of thiazole rings is 1. The van der Waals surface area contributed by atoms with Gasteiger partial charge in [0.25, 0.3) is 0 Å². The summed E-state index contributed by atoms with van der Waals surface area (Å²) in [6.45, 7) is 10.4. The quantitative estimate of drug-likeness (QED) is 0.448. The van der Waals surface area contributed by atoms with Crippen LogP contribution < -0.4 is 10.6 Å². The molecule has 0 spiro atoms. The largest absolute Gasteiger partial charge is 0.357 e. The zero-order valence-electron chi connectivity index (χ0n) is 12.7.